The number of methoxy groups -OCH3 is 1. The van der Waals surface area contributed by atoms with Gasteiger partial charge in [-0.3, -0.25) is 4.79 Å². The number of hydrogen-bond donors (Lipinski definition) is 0. The molecule has 1 saturated heterocycles. The minimum Gasteiger partial charge on any atom is -0.497 e. The summed E-state index contributed by atoms with van der Waals surface area (Å²) >= 11 is 4.46. The minimum absolute atomic E-state index is 0.123. The molecule has 0 bridgehead atoms. The highest BCUT2D eigenvalue weighted by Crippen LogP contribution is 2.33. The molecule has 2 aromatic heterocycles. The van der Waals surface area contributed by atoms with Crippen LogP contribution in [0.2, 0.25) is 0 Å². The van der Waals surface area contributed by atoms with Crippen molar-refractivity contribution in [2.45, 2.75) is 23.1 Å². The van der Waals surface area contributed by atoms with Gasteiger partial charge < -0.3 is 14.5 Å². The first-order valence-electron chi connectivity index (χ1n) is 9.88. The number of thiophene rings is 1. The molecule has 0 saturated carbocycles. The molecule has 1 aliphatic rings. The Balaban J connectivity index is 1.81. The number of piperidine rings is 1. The molecule has 0 spiro atoms. The van der Waals surface area contributed by atoms with E-state index in [-0.39, 0.29) is 16.2 Å². The van der Waals surface area contributed by atoms with Crippen LogP contribution in [-0.4, -0.2) is 68.4 Å². The van der Waals surface area contributed by atoms with Gasteiger partial charge in [0.1, 0.15) is 9.96 Å². The third-order valence-corrected chi connectivity index (χ3v) is 9.59. The number of carbonyl (C=O) groups excluding carboxylic acids is 1. The van der Waals surface area contributed by atoms with E-state index in [9.17, 15) is 13.2 Å². The van der Waals surface area contributed by atoms with Crippen LogP contribution in [0.3, 0.4) is 0 Å². The Bertz CT molecular complexity index is 1230. The maximum Gasteiger partial charge on any atom is 0.277 e. The predicted octanol–water partition coefficient (Wildman–Crippen LogP) is 3.88. The number of amides is 1. The molecule has 0 radical (unpaired) electrons. The van der Waals surface area contributed by atoms with Crippen LogP contribution >= 0.6 is 27.3 Å². The van der Waals surface area contributed by atoms with E-state index in [1.54, 1.807) is 49.4 Å². The van der Waals surface area contributed by atoms with E-state index >= 15 is 0 Å². The fourth-order valence-corrected chi connectivity index (χ4v) is 7.42. The zero-order valence-corrected chi connectivity index (χ0v) is 20.8. The Labute approximate surface area is 194 Å². The summed E-state index contributed by atoms with van der Waals surface area (Å²) in [6, 6.07) is 8.49. The molecule has 166 valence electrons. The molecule has 1 amide bonds. The van der Waals surface area contributed by atoms with Gasteiger partial charge in [0.2, 0.25) is 0 Å². The number of hydrogen-bond acceptors (Lipinski definition) is 6. The second-order valence-electron chi connectivity index (χ2n) is 7.74. The number of ether oxygens (including phenoxy) is 1. The summed E-state index contributed by atoms with van der Waals surface area (Å²) in [7, 11) is 1.57. The topological polar surface area (TPSA) is 71.8 Å². The largest absolute Gasteiger partial charge is 0.497 e. The van der Waals surface area contributed by atoms with Crippen LogP contribution in [0.4, 0.5) is 0 Å². The molecule has 7 nitrogen and oxygen atoms in total. The molecule has 31 heavy (non-hydrogen) atoms. The number of likely N-dealkylation sites (tertiary alicyclic amines) is 1. The maximum absolute atomic E-state index is 13.5. The molecule has 0 N–H and O–H groups in total. The van der Waals surface area contributed by atoms with Gasteiger partial charge in [0.15, 0.2) is 0 Å². The number of nitrogens with zero attached hydrogens (tertiary/aromatic N) is 3. The van der Waals surface area contributed by atoms with Gasteiger partial charge >= 0.3 is 0 Å². The summed E-state index contributed by atoms with van der Waals surface area (Å²) in [6.45, 7) is 1.86. The average Bonchev–Trinajstić information content (AvgIpc) is 3.37. The fraction of sp³-hybridized carbons (Fsp3) is 0.381. The van der Waals surface area contributed by atoms with E-state index < -0.39 is 10.0 Å². The van der Waals surface area contributed by atoms with Crippen molar-refractivity contribution in [2.24, 2.45) is 0 Å². The van der Waals surface area contributed by atoms with Crippen LogP contribution in [-0.2, 0) is 10.0 Å². The first kappa shape index (κ1) is 22.3. The molecule has 0 unspecified atom stereocenters. The van der Waals surface area contributed by atoms with E-state index in [2.05, 4.69) is 27.9 Å². The number of fused-ring (bicyclic) bond motifs is 1. The van der Waals surface area contributed by atoms with Gasteiger partial charge in [0.25, 0.3) is 15.9 Å². The molecule has 0 atom stereocenters. The van der Waals surface area contributed by atoms with Gasteiger partial charge in [-0.1, -0.05) is 0 Å². The van der Waals surface area contributed by atoms with Crippen LogP contribution in [0.5, 0.6) is 5.75 Å². The van der Waals surface area contributed by atoms with Gasteiger partial charge in [-0.25, -0.2) is 3.97 Å². The molecule has 1 aliphatic heterocycles. The monoisotopic (exact) mass is 525 g/mol. The summed E-state index contributed by atoms with van der Waals surface area (Å²) in [4.78, 5) is 17.5. The van der Waals surface area contributed by atoms with Crippen molar-refractivity contribution in [3.63, 3.8) is 0 Å². The predicted molar refractivity (Wildman–Crippen MR) is 126 cm³/mol. The van der Waals surface area contributed by atoms with E-state index in [4.69, 9.17) is 4.74 Å². The third-order valence-electron chi connectivity index (χ3n) is 5.83. The van der Waals surface area contributed by atoms with Crippen molar-refractivity contribution in [1.29, 1.82) is 0 Å². The lowest BCUT2D eigenvalue weighted by Gasteiger charge is -2.35. The number of aromatic nitrogens is 1. The summed E-state index contributed by atoms with van der Waals surface area (Å²) in [5.41, 5.74) is 0.806. The van der Waals surface area contributed by atoms with E-state index in [1.165, 1.54) is 10.2 Å². The highest BCUT2D eigenvalue weighted by Gasteiger charge is 2.30. The number of benzene rings is 1. The van der Waals surface area contributed by atoms with Crippen LogP contribution in [0.25, 0.3) is 10.9 Å². The maximum atomic E-state index is 13.5. The van der Waals surface area contributed by atoms with E-state index in [0.29, 0.717) is 22.2 Å². The van der Waals surface area contributed by atoms with Crippen molar-refractivity contribution < 1.29 is 17.9 Å². The summed E-state index contributed by atoms with van der Waals surface area (Å²) in [6.07, 6.45) is 3.23. The molecule has 0 aliphatic carbocycles. The first-order chi connectivity index (χ1) is 14.7. The fourth-order valence-electron chi connectivity index (χ4n) is 3.95. The summed E-state index contributed by atoms with van der Waals surface area (Å²) in [5, 5.41) is 0.559. The molecular formula is C21H24BrN3O4S2. The normalized spacial score (nSPS) is 16.0. The third kappa shape index (κ3) is 4.13. The quantitative estimate of drug-likeness (QED) is 0.505. The SMILES string of the molecule is COc1ccc2c(c1)c(C(=O)N(C)C1CCN(C)CC1)cn2S(=O)(=O)c1ccc(Br)s1. The lowest BCUT2D eigenvalue weighted by molar-refractivity contribution is 0.0661. The average molecular weight is 526 g/mol. The number of carbonyl (C=O) groups is 1. The smallest absolute Gasteiger partial charge is 0.277 e. The summed E-state index contributed by atoms with van der Waals surface area (Å²) < 4.78 is 34.2. The van der Waals surface area contributed by atoms with Crippen molar-refractivity contribution in [3.8, 4) is 5.75 Å². The van der Waals surface area contributed by atoms with Gasteiger partial charge in [0.05, 0.1) is 22.0 Å². The standard InChI is InChI=1S/C21H24BrN3O4S2/c1-23-10-8-14(9-11-23)24(2)21(26)17-13-25(18-5-4-15(29-3)12-16(17)18)31(27,28)20-7-6-19(22)30-20/h4-7,12-14H,8-11H2,1-3H3. The molecule has 3 aromatic rings. The van der Waals surface area contributed by atoms with Gasteiger partial charge in [-0.2, -0.15) is 8.42 Å². The Hall–Kier alpha value is -1.88. The Morgan fingerprint density at radius 3 is 2.55 bits per heavy atom. The van der Waals surface area contributed by atoms with Gasteiger partial charge in [0, 0.05) is 24.7 Å². The van der Waals surface area contributed by atoms with Gasteiger partial charge in [-0.05, 0) is 79.2 Å². The van der Waals surface area contributed by atoms with Crippen molar-refractivity contribution in [1.82, 2.24) is 13.8 Å². The van der Waals surface area contributed by atoms with Crippen molar-refractivity contribution >= 4 is 54.1 Å². The molecule has 1 fully saturated rings. The highest BCUT2D eigenvalue weighted by atomic mass is 79.9. The molecule has 4 rings (SSSR count). The second-order valence-corrected chi connectivity index (χ2v) is 12.2. The Morgan fingerprint density at radius 2 is 1.94 bits per heavy atom. The molecule has 10 heteroatoms. The van der Waals surface area contributed by atoms with Crippen molar-refractivity contribution in [3.05, 3.63) is 45.9 Å². The van der Waals surface area contributed by atoms with Gasteiger partial charge in [-0.15, -0.1) is 11.3 Å². The zero-order valence-electron chi connectivity index (χ0n) is 17.5. The highest BCUT2D eigenvalue weighted by molar-refractivity contribution is 9.11. The Kier molecular flexibility index (Phi) is 6.17. The molecular weight excluding hydrogens is 502 g/mol. The summed E-state index contributed by atoms with van der Waals surface area (Å²) in [5.74, 6) is 0.381. The number of halogens is 1. The van der Waals surface area contributed by atoms with Crippen LogP contribution < -0.4 is 4.74 Å². The molecule has 1 aromatic carbocycles. The second kappa shape index (κ2) is 8.57. The zero-order chi connectivity index (χ0) is 22.3. The van der Waals surface area contributed by atoms with E-state index in [0.717, 1.165) is 41.1 Å². The van der Waals surface area contributed by atoms with E-state index in [1.807, 2.05) is 0 Å². The Morgan fingerprint density at radius 1 is 1.23 bits per heavy atom. The lowest BCUT2D eigenvalue weighted by atomic mass is 10.0. The molecule has 3 heterocycles. The van der Waals surface area contributed by atoms with Crippen LogP contribution in [0, 0.1) is 0 Å². The number of rotatable bonds is 5. The van der Waals surface area contributed by atoms with Crippen molar-refractivity contribution in [2.75, 3.05) is 34.3 Å². The minimum atomic E-state index is -3.85. The lowest BCUT2D eigenvalue weighted by Crippen LogP contribution is -2.44. The van der Waals surface area contributed by atoms with Crippen LogP contribution in [0.1, 0.15) is 23.2 Å². The first-order valence-corrected chi connectivity index (χ1v) is 12.9. The van der Waals surface area contributed by atoms with Crippen LogP contribution in [0.15, 0.2) is 44.5 Å².